The van der Waals surface area contributed by atoms with E-state index in [1.165, 1.54) is 16.8 Å². The smallest absolute Gasteiger partial charge is 0.262 e. The zero-order valence-electron chi connectivity index (χ0n) is 16.5. The minimum atomic E-state index is -3.66. The number of aromatic nitrogens is 3. The van der Waals surface area contributed by atoms with Gasteiger partial charge in [0, 0.05) is 39.6 Å². The molecule has 0 unspecified atom stereocenters. The lowest BCUT2D eigenvalue weighted by molar-refractivity contribution is -0.142. The van der Waals surface area contributed by atoms with Gasteiger partial charge in [-0.3, -0.25) is 9.78 Å². The molecule has 2 aromatic heterocycles. The number of carbonyl (C=O) groups is 1. The van der Waals surface area contributed by atoms with Crippen molar-refractivity contribution in [3.63, 3.8) is 0 Å². The van der Waals surface area contributed by atoms with Gasteiger partial charge in [0.05, 0.1) is 24.7 Å². The van der Waals surface area contributed by atoms with Crippen LogP contribution < -0.4 is 0 Å². The summed E-state index contributed by atoms with van der Waals surface area (Å²) < 4.78 is 34.7. The number of pyridine rings is 1. The summed E-state index contributed by atoms with van der Waals surface area (Å²) in [4.78, 5) is 22.7. The summed E-state index contributed by atoms with van der Waals surface area (Å²) in [6.45, 7) is 1.07. The van der Waals surface area contributed by atoms with E-state index in [1.54, 1.807) is 29.8 Å². The topological polar surface area (TPSA) is 97.6 Å². The van der Waals surface area contributed by atoms with Gasteiger partial charge < -0.3 is 14.2 Å². The van der Waals surface area contributed by atoms with Crippen LogP contribution >= 0.6 is 0 Å². The monoisotopic (exact) mass is 419 g/mol. The summed E-state index contributed by atoms with van der Waals surface area (Å²) in [6.07, 6.45) is 5.13. The van der Waals surface area contributed by atoms with Crippen molar-refractivity contribution in [2.75, 3.05) is 20.1 Å². The van der Waals surface area contributed by atoms with E-state index < -0.39 is 16.1 Å². The fourth-order valence-electron chi connectivity index (χ4n) is 3.99. The van der Waals surface area contributed by atoms with Gasteiger partial charge >= 0.3 is 0 Å². The number of hydrogen-bond acceptors (Lipinski definition) is 6. The number of amides is 1. The predicted molar refractivity (Wildman–Crippen MR) is 104 cm³/mol. The number of piperidine rings is 1. The molecule has 0 N–H and O–H groups in total. The van der Waals surface area contributed by atoms with Gasteiger partial charge in [0.1, 0.15) is 6.10 Å². The number of carbonyl (C=O) groups excluding carboxylic acids is 1. The molecule has 2 aliphatic heterocycles. The molecule has 29 heavy (non-hydrogen) atoms. The second-order valence-corrected chi connectivity index (χ2v) is 9.59. The third kappa shape index (κ3) is 4.05. The van der Waals surface area contributed by atoms with Crippen LogP contribution in [0.2, 0.25) is 0 Å². The Labute approximate surface area is 170 Å². The molecule has 0 aliphatic carbocycles. The van der Waals surface area contributed by atoms with Gasteiger partial charge in [0.25, 0.3) is 15.9 Å². The highest BCUT2D eigenvalue weighted by Gasteiger charge is 2.45. The first kappa shape index (κ1) is 20.0. The number of likely N-dealkylation sites (N-methyl/N-ethyl adjacent to an activating group) is 1. The zero-order chi connectivity index (χ0) is 20.6. The first-order valence-corrected chi connectivity index (χ1v) is 11.1. The Morgan fingerprint density at radius 1 is 1.34 bits per heavy atom. The standard InChI is InChI=1S/C19H25N5O4S/c1-22-12-18(21-13-22)29(26,27)24-8-6-14-9-16(28-17(14)11-24)19(25)23(2)10-15-5-3-4-7-20-15/h3-5,7,12-14,16-17H,6,8-11H2,1-2H3/t14-,16+,17-/m0/s1. The summed E-state index contributed by atoms with van der Waals surface area (Å²) in [5.74, 6) is 0.0894. The third-order valence-electron chi connectivity index (χ3n) is 5.58. The lowest BCUT2D eigenvalue weighted by atomic mass is 9.92. The zero-order valence-corrected chi connectivity index (χ0v) is 17.3. The highest BCUT2D eigenvalue weighted by Crippen LogP contribution is 2.35. The molecule has 3 atom stereocenters. The maximum absolute atomic E-state index is 12.8. The Hall–Kier alpha value is -2.30. The number of hydrogen-bond donors (Lipinski definition) is 0. The largest absolute Gasteiger partial charge is 0.363 e. The van der Waals surface area contributed by atoms with Crippen molar-refractivity contribution in [1.29, 1.82) is 0 Å². The van der Waals surface area contributed by atoms with Gasteiger partial charge in [-0.2, -0.15) is 4.31 Å². The maximum atomic E-state index is 12.8. The Kier molecular flexibility index (Phi) is 5.41. The van der Waals surface area contributed by atoms with Crippen LogP contribution in [0.25, 0.3) is 0 Å². The van der Waals surface area contributed by atoms with Crippen LogP contribution in [0.15, 0.2) is 41.9 Å². The number of ether oxygens (including phenoxy) is 1. The van der Waals surface area contributed by atoms with Gasteiger partial charge in [-0.05, 0) is 30.9 Å². The fraction of sp³-hybridized carbons (Fsp3) is 0.526. The summed E-state index contributed by atoms with van der Waals surface area (Å²) >= 11 is 0. The number of fused-ring (bicyclic) bond motifs is 1. The first-order chi connectivity index (χ1) is 13.8. The molecule has 156 valence electrons. The third-order valence-corrected chi connectivity index (χ3v) is 7.33. The van der Waals surface area contributed by atoms with Gasteiger partial charge in [-0.1, -0.05) is 6.07 Å². The van der Waals surface area contributed by atoms with Crippen LogP contribution in [-0.4, -0.2) is 70.4 Å². The second-order valence-electron chi connectivity index (χ2n) is 7.70. The average Bonchev–Trinajstić information content (AvgIpc) is 3.34. The van der Waals surface area contributed by atoms with E-state index in [1.807, 2.05) is 18.2 Å². The SMILES string of the molecule is CN(Cc1ccccn1)C(=O)[C@H]1C[C@@H]2CCN(S(=O)(=O)c3cn(C)cn3)C[C@@H]2O1. The normalized spacial score (nSPS) is 25.0. The molecule has 1 amide bonds. The predicted octanol–water partition coefficient (Wildman–Crippen LogP) is 0.642. The number of imidazole rings is 1. The molecular formula is C19H25N5O4S. The van der Waals surface area contributed by atoms with Gasteiger partial charge in [0.2, 0.25) is 0 Å². The van der Waals surface area contributed by atoms with Crippen LogP contribution in [0.4, 0.5) is 0 Å². The molecule has 2 fully saturated rings. The molecule has 0 radical (unpaired) electrons. The second kappa shape index (κ2) is 7.85. The summed E-state index contributed by atoms with van der Waals surface area (Å²) in [5.41, 5.74) is 0.811. The van der Waals surface area contributed by atoms with Crippen molar-refractivity contribution in [3.8, 4) is 0 Å². The number of aryl methyl sites for hydroxylation is 1. The fourth-order valence-corrected chi connectivity index (χ4v) is 5.43. The van der Waals surface area contributed by atoms with Crippen molar-refractivity contribution in [2.45, 2.75) is 36.6 Å². The van der Waals surface area contributed by atoms with Crippen molar-refractivity contribution < 1.29 is 17.9 Å². The molecule has 10 heteroatoms. The molecule has 2 aliphatic rings. The van der Waals surface area contributed by atoms with Crippen LogP contribution in [0.3, 0.4) is 0 Å². The molecule has 4 rings (SSSR count). The van der Waals surface area contributed by atoms with Crippen molar-refractivity contribution in [1.82, 2.24) is 23.7 Å². The first-order valence-electron chi connectivity index (χ1n) is 9.63. The maximum Gasteiger partial charge on any atom is 0.262 e. The van der Waals surface area contributed by atoms with Gasteiger partial charge in [-0.15, -0.1) is 0 Å². The van der Waals surface area contributed by atoms with Gasteiger partial charge in [-0.25, -0.2) is 13.4 Å². The Balaban J connectivity index is 1.39. The van der Waals surface area contributed by atoms with Crippen LogP contribution in [-0.2, 0) is 33.1 Å². The summed E-state index contributed by atoms with van der Waals surface area (Å²) in [7, 11) is -0.188. The highest BCUT2D eigenvalue weighted by atomic mass is 32.2. The molecule has 0 bridgehead atoms. The lowest BCUT2D eigenvalue weighted by Crippen LogP contribution is -2.45. The highest BCUT2D eigenvalue weighted by molar-refractivity contribution is 7.89. The minimum Gasteiger partial charge on any atom is -0.363 e. The van der Waals surface area contributed by atoms with E-state index in [-0.39, 0.29) is 29.5 Å². The van der Waals surface area contributed by atoms with E-state index in [0.29, 0.717) is 25.9 Å². The van der Waals surface area contributed by atoms with Gasteiger partial charge in [0.15, 0.2) is 5.03 Å². The van der Waals surface area contributed by atoms with Crippen LogP contribution in [0.5, 0.6) is 0 Å². The van der Waals surface area contributed by atoms with E-state index in [0.717, 1.165) is 5.69 Å². The van der Waals surface area contributed by atoms with Crippen molar-refractivity contribution >= 4 is 15.9 Å². The van der Waals surface area contributed by atoms with E-state index in [4.69, 9.17) is 4.74 Å². The van der Waals surface area contributed by atoms with E-state index in [9.17, 15) is 13.2 Å². The molecule has 4 heterocycles. The molecule has 0 aromatic carbocycles. The molecular weight excluding hydrogens is 394 g/mol. The Morgan fingerprint density at radius 2 is 2.17 bits per heavy atom. The molecule has 2 saturated heterocycles. The lowest BCUT2D eigenvalue weighted by Gasteiger charge is -2.32. The molecule has 0 spiro atoms. The van der Waals surface area contributed by atoms with Crippen LogP contribution in [0.1, 0.15) is 18.5 Å². The number of nitrogens with zero attached hydrogens (tertiary/aromatic N) is 5. The van der Waals surface area contributed by atoms with Crippen LogP contribution in [0, 0.1) is 5.92 Å². The molecule has 2 aromatic rings. The van der Waals surface area contributed by atoms with Crippen molar-refractivity contribution in [2.24, 2.45) is 13.0 Å². The minimum absolute atomic E-state index is 0.0409. The van der Waals surface area contributed by atoms with E-state index in [2.05, 4.69) is 9.97 Å². The Bertz CT molecular complexity index is 977. The van der Waals surface area contributed by atoms with E-state index >= 15 is 0 Å². The summed E-state index contributed by atoms with van der Waals surface area (Å²) in [5, 5.41) is 0.0409. The molecule has 9 nitrogen and oxygen atoms in total. The number of sulfonamides is 1. The number of rotatable bonds is 5. The molecule has 0 saturated carbocycles. The summed E-state index contributed by atoms with van der Waals surface area (Å²) in [6, 6.07) is 5.60. The Morgan fingerprint density at radius 3 is 2.86 bits per heavy atom. The average molecular weight is 420 g/mol. The quantitative estimate of drug-likeness (QED) is 0.706. The van der Waals surface area contributed by atoms with Crippen molar-refractivity contribution in [3.05, 3.63) is 42.6 Å².